The Morgan fingerprint density at radius 2 is 1.94 bits per heavy atom. The van der Waals surface area contributed by atoms with Crippen molar-refractivity contribution in [3.05, 3.63) is 84.2 Å². The molecule has 0 bridgehead atoms. The van der Waals surface area contributed by atoms with E-state index in [2.05, 4.69) is 4.98 Å². The van der Waals surface area contributed by atoms with Gasteiger partial charge in [-0.25, -0.2) is 9.37 Å². The summed E-state index contributed by atoms with van der Waals surface area (Å²) in [6.07, 6.45) is 5.68. The van der Waals surface area contributed by atoms with Crippen LogP contribution >= 0.6 is 0 Å². The van der Waals surface area contributed by atoms with E-state index in [1.165, 1.54) is 24.3 Å². The summed E-state index contributed by atoms with van der Waals surface area (Å²) >= 11 is 0. The maximum atomic E-state index is 13.2. The number of rotatable bonds is 9. The minimum atomic E-state index is -3.90. The van der Waals surface area contributed by atoms with Gasteiger partial charge in [-0.1, -0.05) is 29.8 Å². The quantitative estimate of drug-likeness (QED) is 0.455. The molecule has 1 fully saturated rings. The molecular formula is C23H25FN2O5S. The second kappa shape index (κ2) is 9.50. The fourth-order valence-electron chi connectivity index (χ4n) is 3.57. The molecule has 9 heteroatoms. The highest BCUT2D eigenvalue weighted by molar-refractivity contribution is 7.86. The van der Waals surface area contributed by atoms with Gasteiger partial charge in [0.05, 0.1) is 31.0 Å². The summed E-state index contributed by atoms with van der Waals surface area (Å²) in [6, 6.07) is 12.8. The van der Waals surface area contributed by atoms with Gasteiger partial charge in [0.15, 0.2) is 5.79 Å². The van der Waals surface area contributed by atoms with Crippen molar-refractivity contribution >= 4 is 10.1 Å². The number of imidazole rings is 1. The summed E-state index contributed by atoms with van der Waals surface area (Å²) in [6.45, 7) is 2.31. The molecule has 1 aliphatic rings. The van der Waals surface area contributed by atoms with Crippen molar-refractivity contribution in [1.29, 1.82) is 0 Å². The van der Waals surface area contributed by atoms with Crippen LogP contribution in [-0.2, 0) is 36.7 Å². The van der Waals surface area contributed by atoms with Crippen LogP contribution in [-0.4, -0.2) is 43.1 Å². The fourth-order valence-corrected chi connectivity index (χ4v) is 4.51. The van der Waals surface area contributed by atoms with Crippen LogP contribution in [0.5, 0.6) is 0 Å². The van der Waals surface area contributed by atoms with E-state index in [1.807, 2.05) is 11.5 Å². The van der Waals surface area contributed by atoms with Gasteiger partial charge in [-0.2, -0.15) is 8.42 Å². The van der Waals surface area contributed by atoms with E-state index in [4.69, 9.17) is 13.7 Å². The number of nitrogens with zero attached hydrogens (tertiary/aromatic N) is 2. The molecule has 0 amide bonds. The molecule has 0 N–H and O–H groups in total. The minimum Gasteiger partial charge on any atom is -0.345 e. The average Bonchev–Trinajstić information content (AvgIpc) is 3.43. The Balaban J connectivity index is 1.42. The number of benzene rings is 2. The van der Waals surface area contributed by atoms with E-state index < -0.39 is 22.0 Å². The van der Waals surface area contributed by atoms with Gasteiger partial charge in [-0.05, 0) is 43.2 Å². The number of aromatic nitrogens is 2. The maximum Gasteiger partial charge on any atom is 0.297 e. The number of ether oxygens (including phenoxy) is 2. The molecule has 0 aliphatic carbocycles. The lowest BCUT2D eigenvalue weighted by Crippen LogP contribution is -2.37. The van der Waals surface area contributed by atoms with Crippen LogP contribution in [0.3, 0.4) is 0 Å². The highest BCUT2D eigenvalue weighted by Crippen LogP contribution is 2.31. The van der Waals surface area contributed by atoms with Crippen molar-refractivity contribution in [2.75, 3.05) is 13.2 Å². The second-order valence-corrected chi connectivity index (χ2v) is 9.49. The minimum absolute atomic E-state index is 0.100. The van der Waals surface area contributed by atoms with Crippen LogP contribution in [0.4, 0.5) is 4.39 Å². The Labute approximate surface area is 186 Å². The number of aryl methyl sites for hydroxylation is 2. The Morgan fingerprint density at radius 3 is 2.62 bits per heavy atom. The normalized spacial score (nSPS) is 21.1. The zero-order chi connectivity index (χ0) is 22.6. The molecule has 3 aromatic rings. The van der Waals surface area contributed by atoms with Gasteiger partial charge in [-0.3, -0.25) is 4.18 Å². The van der Waals surface area contributed by atoms with Crippen molar-refractivity contribution < 1.29 is 26.5 Å². The van der Waals surface area contributed by atoms with E-state index >= 15 is 0 Å². The van der Waals surface area contributed by atoms with Gasteiger partial charge in [0.1, 0.15) is 11.9 Å². The standard InChI is InChI=1S/C23H25FN2O5S/c1-18-2-8-22(9-3-18)32(27,28)30-15-21-14-29-23(31-21,16-26-13-12-25-17-26)11-10-19-4-6-20(24)7-5-19/h2-9,12-13,17,21H,10-11,14-16H2,1H3/t21-,23-/m1/s1. The van der Waals surface area contributed by atoms with Crippen molar-refractivity contribution in [3.8, 4) is 0 Å². The van der Waals surface area contributed by atoms with Gasteiger partial charge in [0.2, 0.25) is 0 Å². The van der Waals surface area contributed by atoms with E-state index in [0.29, 0.717) is 19.4 Å². The highest BCUT2D eigenvalue weighted by Gasteiger charge is 2.42. The molecule has 0 radical (unpaired) electrons. The first kappa shape index (κ1) is 22.6. The predicted octanol–water partition coefficient (Wildman–Crippen LogP) is 3.48. The fraction of sp³-hybridized carbons (Fsp3) is 0.348. The van der Waals surface area contributed by atoms with Gasteiger partial charge >= 0.3 is 0 Å². The lowest BCUT2D eigenvalue weighted by atomic mass is 10.0. The van der Waals surface area contributed by atoms with Crippen LogP contribution in [0.2, 0.25) is 0 Å². The summed E-state index contributed by atoms with van der Waals surface area (Å²) in [5.41, 5.74) is 1.91. The molecule has 0 saturated carbocycles. The van der Waals surface area contributed by atoms with E-state index in [0.717, 1.165) is 11.1 Å². The van der Waals surface area contributed by atoms with E-state index in [-0.39, 0.29) is 23.9 Å². The van der Waals surface area contributed by atoms with Gasteiger partial charge < -0.3 is 14.0 Å². The van der Waals surface area contributed by atoms with Crippen LogP contribution < -0.4 is 0 Å². The van der Waals surface area contributed by atoms with Crippen molar-refractivity contribution in [3.63, 3.8) is 0 Å². The first-order valence-corrected chi connectivity index (χ1v) is 11.7. The van der Waals surface area contributed by atoms with E-state index in [1.54, 1.807) is 43.0 Å². The largest absolute Gasteiger partial charge is 0.345 e. The summed E-state index contributed by atoms with van der Waals surface area (Å²) < 4.78 is 57.5. The molecule has 2 heterocycles. The second-order valence-electron chi connectivity index (χ2n) is 7.87. The SMILES string of the molecule is Cc1ccc(S(=O)(=O)OC[C@H]2CO[C@@](CCc3ccc(F)cc3)(Cn3ccnc3)O2)cc1. The number of hydrogen-bond donors (Lipinski definition) is 0. The molecule has 1 aromatic heterocycles. The summed E-state index contributed by atoms with van der Waals surface area (Å²) in [7, 11) is -3.90. The molecule has 1 saturated heterocycles. The molecule has 32 heavy (non-hydrogen) atoms. The number of halogens is 1. The van der Waals surface area contributed by atoms with Crippen molar-refractivity contribution in [1.82, 2.24) is 9.55 Å². The Hall–Kier alpha value is -2.59. The molecular weight excluding hydrogens is 435 g/mol. The maximum absolute atomic E-state index is 13.2. The Morgan fingerprint density at radius 1 is 1.19 bits per heavy atom. The van der Waals surface area contributed by atoms with Gasteiger partial charge in [0.25, 0.3) is 10.1 Å². The van der Waals surface area contributed by atoms with Crippen molar-refractivity contribution in [2.24, 2.45) is 0 Å². The molecule has 0 unspecified atom stereocenters. The molecule has 4 rings (SSSR count). The summed E-state index contributed by atoms with van der Waals surface area (Å²) in [5.74, 6) is -1.27. The van der Waals surface area contributed by atoms with Crippen LogP contribution in [0.25, 0.3) is 0 Å². The first-order chi connectivity index (χ1) is 15.3. The van der Waals surface area contributed by atoms with Crippen LogP contribution in [0.15, 0.2) is 72.1 Å². The lowest BCUT2D eigenvalue weighted by molar-refractivity contribution is -0.184. The smallest absolute Gasteiger partial charge is 0.297 e. The molecule has 170 valence electrons. The molecule has 7 nitrogen and oxygen atoms in total. The third kappa shape index (κ3) is 5.60. The van der Waals surface area contributed by atoms with Gasteiger partial charge in [0, 0.05) is 18.8 Å². The van der Waals surface area contributed by atoms with Crippen LogP contribution in [0, 0.1) is 12.7 Å². The van der Waals surface area contributed by atoms with Gasteiger partial charge in [-0.15, -0.1) is 0 Å². The van der Waals surface area contributed by atoms with E-state index in [9.17, 15) is 12.8 Å². The average molecular weight is 461 g/mol. The van der Waals surface area contributed by atoms with Crippen molar-refractivity contribution in [2.45, 2.75) is 43.1 Å². The molecule has 2 aromatic carbocycles. The molecule has 2 atom stereocenters. The predicted molar refractivity (Wildman–Crippen MR) is 115 cm³/mol. The Kier molecular flexibility index (Phi) is 6.71. The molecule has 0 spiro atoms. The molecule has 1 aliphatic heterocycles. The summed E-state index contributed by atoms with van der Waals surface area (Å²) in [5, 5.41) is 0. The summed E-state index contributed by atoms with van der Waals surface area (Å²) in [4.78, 5) is 4.16. The first-order valence-electron chi connectivity index (χ1n) is 10.3. The monoisotopic (exact) mass is 460 g/mol. The zero-order valence-electron chi connectivity index (χ0n) is 17.7. The number of hydrogen-bond acceptors (Lipinski definition) is 6. The Bertz CT molecular complexity index is 1120. The third-order valence-corrected chi connectivity index (χ3v) is 6.62. The third-order valence-electron chi connectivity index (χ3n) is 5.32. The lowest BCUT2D eigenvalue weighted by Gasteiger charge is -2.28. The topological polar surface area (TPSA) is 79.7 Å². The van der Waals surface area contributed by atoms with Crippen LogP contribution in [0.1, 0.15) is 17.5 Å². The zero-order valence-corrected chi connectivity index (χ0v) is 18.5. The highest BCUT2D eigenvalue weighted by atomic mass is 32.2.